The van der Waals surface area contributed by atoms with Gasteiger partial charge in [-0.3, -0.25) is 0 Å². The highest BCUT2D eigenvalue weighted by molar-refractivity contribution is 5.85. The van der Waals surface area contributed by atoms with Crippen molar-refractivity contribution in [2.24, 2.45) is 0 Å². The van der Waals surface area contributed by atoms with E-state index in [-0.39, 0.29) is 6.04 Å². The summed E-state index contributed by atoms with van der Waals surface area (Å²) in [5.41, 5.74) is 1.21. The zero-order valence-electron chi connectivity index (χ0n) is 11.6. The summed E-state index contributed by atoms with van der Waals surface area (Å²) in [5.74, 6) is 0. The molecule has 104 valence electrons. The Morgan fingerprint density at radius 1 is 1.30 bits per heavy atom. The number of hydrogen-bond acceptors (Lipinski definition) is 2. The summed E-state index contributed by atoms with van der Waals surface area (Å²) in [5, 5.41) is 5.28. The SMILES string of the molecule is C=CC[C@H](Cc1cccc2ccccc12)NC(=O)OC. The maximum Gasteiger partial charge on any atom is 0.407 e. The quantitative estimate of drug-likeness (QED) is 0.841. The summed E-state index contributed by atoms with van der Waals surface area (Å²) in [6.07, 6.45) is 2.86. The minimum Gasteiger partial charge on any atom is -0.453 e. The second-order valence-electron chi connectivity index (χ2n) is 4.70. The maximum absolute atomic E-state index is 11.4. The van der Waals surface area contributed by atoms with Crippen LogP contribution in [0.3, 0.4) is 0 Å². The first kappa shape index (κ1) is 14.1. The molecule has 0 aromatic heterocycles. The van der Waals surface area contributed by atoms with Crippen LogP contribution in [0, 0.1) is 0 Å². The number of carbonyl (C=O) groups is 1. The summed E-state index contributed by atoms with van der Waals surface area (Å²) in [6.45, 7) is 3.75. The lowest BCUT2D eigenvalue weighted by molar-refractivity contribution is 0.166. The molecule has 3 nitrogen and oxygen atoms in total. The Kier molecular flexibility index (Phi) is 4.77. The maximum atomic E-state index is 11.4. The number of ether oxygens (including phenoxy) is 1. The van der Waals surface area contributed by atoms with Gasteiger partial charge in [-0.05, 0) is 29.2 Å². The van der Waals surface area contributed by atoms with E-state index in [9.17, 15) is 4.79 Å². The highest BCUT2D eigenvalue weighted by Crippen LogP contribution is 2.20. The van der Waals surface area contributed by atoms with Crippen LogP contribution in [-0.4, -0.2) is 19.2 Å². The Labute approximate surface area is 119 Å². The van der Waals surface area contributed by atoms with Crippen molar-refractivity contribution in [1.29, 1.82) is 0 Å². The largest absolute Gasteiger partial charge is 0.453 e. The van der Waals surface area contributed by atoms with Crippen LogP contribution >= 0.6 is 0 Å². The molecule has 1 atom stereocenters. The van der Waals surface area contributed by atoms with Crippen molar-refractivity contribution in [1.82, 2.24) is 5.32 Å². The van der Waals surface area contributed by atoms with Gasteiger partial charge in [-0.15, -0.1) is 6.58 Å². The Hall–Kier alpha value is -2.29. The van der Waals surface area contributed by atoms with Gasteiger partial charge >= 0.3 is 6.09 Å². The molecule has 3 heteroatoms. The van der Waals surface area contributed by atoms with E-state index in [0.717, 1.165) is 6.42 Å². The molecule has 1 N–H and O–H groups in total. The number of hydrogen-bond donors (Lipinski definition) is 1. The van der Waals surface area contributed by atoms with Crippen molar-refractivity contribution in [3.05, 3.63) is 60.7 Å². The van der Waals surface area contributed by atoms with Crippen molar-refractivity contribution >= 4 is 16.9 Å². The number of methoxy groups -OCH3 is 1. The molecular weight excluding hydrogens is 250 g/mol. The fourth-order valence-corrected chi connectivity index (χ4v) is 2.36. The third kappa shape index (κ3) is 3.38. The Bertz CT molecular complexity index is 601. The molecule has 0 bridgehead atoms. The first-order valence-corrected chi connectivity index (χ1v) is 6.66. The summed E-state index contributed by atoms with van der Waals surface area (Å²) >= 11 is 0. The average Bonchev–Trinajstić information content (AvgIpc) is 2.47. The molecule has 2 rings (SSSR count). The van der Waals surface area contributed by atoms with E-state index in [1.807, 2.05) is 24.3 Å². The molecule has 2 aromatic carbocycles. The van der Waals surface area contributed by atoms with Gasteiger partial charge < -0.3 is 10.1 Å². The third-order valence-electron chi connectivity index (χ3n) is 3.30. The monoisotopic (exact) mass is 269 g/mol. The highest BCUT2D eigenvalue weighted by Gasteiger charge is 2.13. The summed E-state index contributed by atoms with van der Waals surface area (Å²) in [4.78, 5) is 11.4. The number of alkyl carbamates (subject to hydrolysis) is 1. The molecule has 0 aliphatic carbocycles. The Morgan fingerprint density at radius 3 is 2.80 bits per heavy atom. The summed E-state index contributed by atoms with van der Waals surface area (Å²) in [7, 11) is 1.37. The van der Waals surface area contributed by atoms with Gasteiger partial charge in [0.25, 0.3) is 0 Å². The standard InChI is InChI=1S/C17H19NO2/c1-3-7-15(18-17(19)20-2)12-14-10-6-9-13-8-4-5-11-16(13)14/h3-6,8-11,15H,1,7,12H2,2H3,(H,18,19)/t15-/m1/s1. The molecule has 1 amide bonds. The van der Waals surface area contributed by atoms with Crippen molar-refractivity contribution < 1.29 is 9.53 Å². The molecule has 20 heavy (non-hydrogen) atoms. The molecular formula is C17H19NO2. The van der Waals surface area contributed by atoms with Crippen molar-refractivity contribution in [3.63, 3.8) is 0 Å². The van der Waals surface area contributed by atoms with E-state index in [1.54, 1.807) is 0 Å². The van der Waals surface area contributed by atoms with E-state index in [4.69, 9.17) is 0 Å². The van der Waals surface area contributed by atoms with E-state index in [0.29, 0.717) is 6.42 Å². The van der Waals surface area contributed by atoms with Gasteiger partial charge in [0.1, 0.15) is 0 Å². The van der Waals surface area contributed by atoms with Crippen LogP contribution in [0.15, 0.2) is 55.1 Å². The average molecular weight is 269 g/mol. The normalized spacial score (nSPS) is 11.8. The predicted octanol–water partition coefficient (Wildman–Crippen LogP) is 3.68. The molecule has 2 aromatic rings. The number of benzene rings is 2. The number of rotatable bonds is 5. The second kappa shape index (κ2) is 6.75. The van der Waals surface area contributed by atoms with Gasteiger partial charge in [0.2, 0.25) is 0 Å². The molecule has 0 radical (unpaired) electrons. The zero-order chi connectivity index (χ0) is 14.4. The number of amides is 1. The van der Waals surface area contributed by atoms with E-state index in [1.165, 1.54) is 23.4 Å². The van der Waals surface area contributed by atoms with Gasteiger partial charge in [0.15, 0.2) is 0 Å². The Balaban J connectivity index is 2.23. The second-order valence-corrected chi connectivity index (χ2v) is 4.70. The smallest absolute Gasteiger partial charge is 0.407 e. The molecule has 0 heterocycles. The zero-order valence-corrected chi connectivity index (χ0v) is 11.6. The fourth-order valence-electron chi connectivity index (χ4n) is 2.36. The molecule has 0 aliphatic heterocycles. The molecule has 0 aliphatic rings. The lowest BCUT2D eigenvalue weighted by Crippen LogP contribution is -2.36. The molecule has 0 saturated carbocycles. The molecule has 0 saturated heterocycles. The number of fused-ring (bicyclic) bond motifs is 1. The van der Waals surface area contributed by atoms with Crippen LogP contribution in [0.5, 0.6) is 0 Å². The van der Waals surface area contributed by atoms with Crippen LogP contribution < -0.4 is 5.32 Å². The first-order valence-electron chi connectivity index (χ1n) is 6.66. The fraction of sp³-hybridized carbons (Fsp3) is 0.235. The van der Waals surface area contributed by atoms with Gasteiger partial charge in [-0.25, -0.2) is 4.79 Å². The molecule has 0 unspecified atom stereocenters. The van der Waals surface area contributed by atoms with Crippen LogP contribution in [0.4, 0.5) is 4.79 Å². The minimum atomic E-state index is -0.405. The summed E-state index contributed by atoms with van der Waals surface area (Å²) < 4.78 is 4.67. The predicted molar refractivity (Wildman–Crippen MR) is 81.8 cm³/mol. The van der Waals surface area contributed by atoms with Crippen LogP contribution in [-0.2, 0) is 11.2 Å². The van der Waals surface area contributed by atoms with Crippen molar-refractivity contribution in [2.45, 2.75) is 18.9 Å². The topological polar surface area (TPSA) is 38.3 Å². The Morgan fingerprint density at radius 2 is 2.05 bits per heavy atom. The molecule has 0 fully saturated rings. The van der Waals surface area contributed by atoms with Crippen LogP contribution in [0.25, 0.3) is 10.8 Å². The number of carbonyl (C=O) groups excluding carboxylic acids is 1. The van der Waals surface area contributed by atoms with Gasteiger partial charge in [-0.2, -0.15) is 0 Å². The van der Waals surface area contributed by atoms with Crippen molar-refractivity contribution in [2.75, 3.05) is 7.11 Å². The first-order chi connectivity index (χ1) is 9.74. The van der Waals surface area contributed by atoms with E-state index >= 15 is 0 Å². The summed E-state index contributed by atoms with van der Waals surface area (Å²) in [6, 6.07) is 14.5. The van der Waals surface area contributed by atoms with Gasteiger partial charge in [0, 0.05) is 6.04 Å². The van der Waals surface area contributed by atoms with E-state index in [2.05, 4.69) is 40.9 Å². The van der Waals surface area contributed by atoms with Gasteiger partial charge in [-0.1, -0.05) is 48.5 Å². The van der Waals surface area contributed by atoms with E-state index < -0.39 is 6.09 Å². The van der Waals surface area contributed by atoms with Crippen LogP contribution in [0.1, 0.15) is 12.0 Å². The van der Waals surface area contributed by atoms with Crippen molar-refractivity contribution in [3.8, 4) is 0 Å². The lowest BCUT2D eigenvalue weighted by atomic mass is 9.97. The molecule has 0 spiro atoms. The number of nitrogens with one attached hydrogen (secondary N) is 1. The van der Waals surface area contributed by atoms with Gasteiger partial charge in [0.05, 0.1) is 7.11 Å². The third-order valence-corrected chi connectivity index (χ3v) is 3.30. The van der Waals surface area contributed by atoms with Crippen LogP contribution in [0.2, 0.25) is 0 Å². The highest BCUT2D eigenvalue weighted by atomic mass is 16.5. The minimum absolute atomic E-state index is 0.00856. The lowest BCUT2D eigenvalue weighted by Gasteiger charge is -2.17.